The summed E-state index contributed by atoms with van der Waals surface area (Å²) in [7, 11) is 0. The maximum Gasteiger partial charge on any atom is 0.411 e. The van der Waals surface area contributed by atoms with E-state index in [1.807, 2.05) is 16.7 Å². The summed E-state index contributed by atoms with van der Waals surface area (Å²) in [4.78, 5) is 3.92. The highest BCUT2D eigenvalue weighted by atomic mass is 19.4. The minimum atomic E-state index is -4.31. The molecule has 1 fully saturated rings. The Morgan fingerprint density at radius 2 is 2.12 bits per heavy atom. The Morgan fingerprint density at radius 1 is 1.38 bits per heavy atom. The van der Waals surface area contributed by atoms with Crippen molar-refractivity contribution in [1.29, 1.82) is 0 Å². The topological polar surface area (TPSA) is 74.9 Å². The van der Waals surface area contributed by atoms with Gasteiger partial charge in [0.1, 0.15) is 6.61 Å². The first-order chi connectivity index (χ1) is 11.3. The Labute approximate surface area is 138 Å². The molecule has 0 aliphatic carbocycles. The van der Waals surface area contributed by atoms with Crippen LogP contribution in [0.4, 0.5) is 13.2 Å². The second-order valence-electron chi connectivity index (χ2n) is 5.84. The minimum Gasteiger partial charge on any atom is -0.424 e. The average molecular weight is 352 g/mol. The molecule has 0 saturated carbocycles. The first-order valence-corrected chi connectivity index (χ1v) is 7.86. The fourth-order valence-corrected chi connectivity index (χ4v) is 2.81. The van der Waals surface area contributed by atoms with Gasteiger partial charge in [-0.1, -0.05) is 6.92 Å². The summed E-state index contributed by atoms with van der Waals surface area (Å²) in [6, 6.07) is -0.134. The first kappa shape index (κ1) is 19.1. The molecule has 0 aromatic carbocycles. The lowest BCUT2D eigenvalue weighted by atomic mass is 10.2. The molecule has 0 unspecified atom stereocenters. The van der Waals surface area contributed by atoms with Crippen molar-refractivity contribution in [3.63, 3.8) is 0 Å². The third kappa shape index (κ3) is 5.69. The second kappa shape index (κ2) is 8.24. The number of hydrogen-bond donors (Lipinski definition) is 1. The lowest BCUT2D eigenvalue weighted by Gasteiger charge is -2.28. The highest BCUT2D eigenvalue weighted by molar-refractivity contribution is 4.92. The fourth-order valence-electron chi connectivity index (χ4n) is 2.81. The number of nitrogens with zero attached hydrogens (tertiary/aromatic N) is 4. The Kier molecular flexibility index (Phi) is 6.55. The van der Waals surface area contributed by atoms with Gasteiger partial charge in [-0.25, -0.2) is 0 Å². The predicted octanol–water partition coefficient (Wildman–Crippen LogP) is 0.824. The van der Waals surface area contributed by atoms with Crippen molar-refractivity contribution in [2.75, 3.05) is 39.4 Å². The maximum atomic E-state index is 12.0. The number of aliphatic hydroxyl groups is 1. The largest absolute Gasteiger partial charge is 0.424 e. The molecule has 2 rings (SSSR count). The zero-order valence-electron chi connectivity index (χ0n) is 13.8. The van der Waals surface area contributed by atoms with Crippen LogP contribution in [0, 0.1) is 6.92 Å². The molecule has 10 heteroatoms. The molecule has 0 spiro atoms. The maximum absolute atomic E-state index is 12.0. The highest BCUT2D eigenvalue weighted by Gasteiger charge is 2.35. The summed E-state index contributed by atoms with van der Waals surface area (Å²) in [5, 5.41) is 18.0. The van der Waals surface area contributed by atoms with Crippen molar-refractivity contribution in [3.05, 3.63) is 11.8 Å². The van der Waals surface area contributed by atoms with Crippen LogP contribution >= 0.6 is 0 Å². The van der Waals surface area contributed by atoms with Gasteiger partial charge < -0.3 is 14.3 Å². The third-order valence-electron chi connectivity index (χ3n) is 3.93. The molecule has 2 heterocycles. The summed E-state index contributed by atoms with van der Waals surface area (Å²) in [6.45, 7) is 4.82. The van der Waals surface area contributed by atoms with Gasteiger partial charge in [0.15, 0.2) is 0 Å². The number of ether oxygens (including phenoxy) is 1. The summed E-state index contributed by atoms with van der Waals surface area (Å²) in [6.07, 6.45) is -4.90. The summed E-state index contributed by atoms with van der Waals surface area (Å²) < 4.78 is 46.1. The summed E-state index contributed by atoms with van der Waals surface area (Å²) in [5.41, 5.74) is 0. The van der Waals surface area contributed by atoms with Crippen LogP contribution in [-0.2, 0) is 11.3 Å². The Morgan fingerprint density at radius 3 is 2.71 bits per heavy atom. The number of rotatable bonds is 8. The van der Waals surface area contributed by atoms with Crippen LogP contribution in [-0.4, -0.2) is 82.8 Å². The molecule has 1 N–H and O–H groups in total. The minimum absolute atomic E-state index is 0.0199. The van der Waals surface area contributed by atoms with Crippen molar-refractivity contribution >= 4 is 0 Å². The van der Waals surface area contributed by atoms with E-state index in [2.05, 4.69) is 14.9 Å². The molecule has 2 atom stereocenters. The molecule has 1 aliphatic rings. The van der Waals surface area contributed by atoms with Crippen LogP contribution in [0.5, 0.6) is 0 Å². The van der Waals surface area contributed by atoms with Gasteiger partial charge in [0, 0.05) is 26.6 Å². The highest BCUT2D eigenvalue weighted by Crippen LogP contribution is 2.19. The average Bonchev–Trinajstić information content (AvgIpc) is 3.06. The number of alkyl halides is 3. The van der Waals surface area contributed by atoms with Gasteiger partial charge in [-0.3, -0.25) is 9.80 Å². The van der Waals surface area contributed by atoms with Crippen LogP contribution in [0.1, 0.15) is 18.7 Å². The summed E-state index contributed by atoms with van der Waals surface area (Å²) >= 11 is 0. The standard InChI is InChI=1S/C14H23F3N4O3/c1-3-21(8-13-19-18-10(2)24-13)11-6-20(7-12(11)22)4-5-23-9-14(15,16)17/h11-12,22H,3-9H2,1-2H3/t11-,12-/m1/s1. The van der Waals surface area contributed by atoms with Crippen molar-refractivity contribution in [2.24, 2.45) is 0 Å². The number of aromatic nitrogens is 2. The van der Waals surface area contributed by atoms with Crippen LogP contribution in [0.2, 0.25) is 0 Å². The quantitative estimate of drug-likeness (QED) is 0.695. The van der Waals surface area contributed by atoms with Gasteiger partial charge in [0.05, 0.1) is 25.3 Å². The van der Waals surface area contributed by atoms with Crippen LogP contribution in [0.15, 0.2) is 4.42 Å². The number of aliphatic hydroxyl groups excluding tert-OH is 1. The van der Waals surface area contributed by atoms with Crippen LogP contribution < -0.4 is 0 Å². The van der Waals surface area contributed by atoms with E-state index in [-0.39, 0.29) is 12.6 Å². The molecule has 0 amide bonds. The van der Waals surface area contributed by atoms with Crippen LogP contribution in [0.3, 0.4) is 0 Å². The fraction of sp³-hybridized carbons (Fsp3) is 0.857. The van der Waals surface area contributed by atoms with E-state index < -0.39 is 18.9 Å². The number of likely N-dealkylation sites (N-methyl/N-ethyl adjacent to an activating group) is 1. The molecular weight excluding hydrogens is 329 g/mol. The van der Waals surface area contributed by atoms with Crippen LogP contribution in [0.25, 0.3) is 0 Å². The smallest absolute Gasteiger partial charge is 0.411 e. The van der Waals surface area contributed by atoms with E-state index in [9.17, 15) is 18.3 Å². The van der Waals surface area contributed by atoms with Gasteiger partial charge in [-0.2, -0.15) is 13.2 Å². The van der Waals surface area contributed by atoms with E-state index >= 15 is 0 Å². The Hall–Kier alpha value is -1.23. The number of halogens is 3. The van der Waals surface area contributed by atoms with Crippen molar-refractivity contribution in [2.45, 2.75) is 38.7 Å². The van der Waals surface area contributed by atoms with E-state index in [0.29, 0.717) is 44.5 Å². The Bertz CT molecular complexity index is 512. The molecule has 1 aromatic rings. The van der Waals surface area contributed by atoms with Gasteiger partial charge in [-0.15, -0.1) is 10.2 Å². The molecule has 1 saturated heterocycles. The van der Waals surface area contributed by atoms with Gasteiger partial charge >= 0.3 is 6.18 Å². The lowest BCUT2D eigenvalue weighted by Crippen LogP contribution is -2.42. The normalized spacial score (nSPS) is 22.6. The molecule has 138 valence electrons. The lowest BCUT2D eigenvalue weighted by molar-refractivity contribution is -0.174. The number of β-amino-alcohol motifs (C(OH)–C–C–N with tert-alkyl or cyclic N) is 1. The molecule has 0 bridgehead atoms. The van der Waals surface area contributed by atoms with Crippen molar-refractivity contribution in [3.8, 4) is 0 Å². The monoisotopic (exact) mass is 352 g/mol. The predicted molar refractivity (Wildman–Crippen MR) is 78.2 cm³/mol. The van der Waals surface area contributed by atoms with Gasteiger partial charge in [0.2, 0.25) is 11.8 Å². The Balaban J connectivity index is 1.80. The molecule has 24 heavy (non-hydrogen) atoms. The zero-order valence-corrected chi connectivity index (χ0v) is 13.8. The first-order valence-electron chi connectivity index (χ1n) is 7.86. The van der Waals surface area contributed by atoms with Gasteiger partial charge in [-0.05, 0) is 6.54 Å². The third-order valence-corrected chi connectivity index (χ3v) is 3.93. The van der Waals surface area contributed by atoms with Gasteiger partial charge in [0.25, 0.3) is 0 Å². The summed E-state index contributed by atoms with van der Waals surface area (Å²) in [5.74, 6) is 0.963. The number of hydrogen-bond acceptors (Lipinski definition) is 7. The number of likely N-dealkylation sites (tertiary alicyclic amines) is 1. The molecular formula is C14H23F3N4O3. The number of aryl methyl sites for hydroxylation is 1. The van der Waals surface area contributed by atoms with Crippen molar-refractivity contribution < 1.29 is 27.4 Å². The van der Waals surface area contributed by atoms with E-state index in [4.69, 9.17) is 4.42 Å². The SMILES string of the molecule is CCN(Cc1nnc(C)o1)[C@@H]1CN(CCOCC(F)(F)F)C[C@H]1O. The molecule has 0 radical (unpaired) electrons. The second-order valence-corrected chi connectivity index (χ2v) is 5.84. The van der Waals surface area contributed by atoms with Crippen molar-refractivity contribution in [1.82, 2.24) is 20.0 Å². The zero-order chi connectivity index (χ0) is 17.7. The molecule has 1 aromatic heterocycles. The molecule has 1 aliphatic heterocycles. The van der Waals surface area contributed by atoms with E-state index in [0.717, 1.165) is 0 Å². The van der Waals surface area contributed by atoms with E-state index in [1.54, 1.807) is 6.92 Å². The molecule has 7 nitrogen and oxygen atoms in total. The van der Waals surface area contributed by atoms with E-state index in [1.165, 1.54) is 0 Å².